The number of nitrogens with zero attached hydrogens (tertiary/aromatic N) is 2. The molecule has 1 aromatic heterocycles. The van der Waals surface area contributed by atoms with Crippen LogP contribution in [0.5, 0.6) is 0 Å². The molecule has 148 valence electrons. The van der Waals surface area contributed by atoms with E-state index in [2.05, 4.69) is 58.6 Å². The van der Waals surface area contributed by atoms with Crippen LogP contribution in [-0.2, 0) is 4.79 Å². The summed E-state index contributed by atoms with van der Waals surface area (Å²) in [5, 5.41) is 4.12. The van der Waals surface area contributed by atoms with Crippen LogP contribution in [0.25, 0.3) is 27.7 Å². The van der Waals surface area contributed by atoms with Crippen molar-refractivity contribution in [1.29, 1.82) is 0 Å². The van der Waals surface area contributed by atoms with Crippen molar-refractivity contribution in [2.24, 2.45) is 0 Å². The van der Waals surface area contributed by atoms with Crippen molar-refractivity contribution >= 4 is 22.4 Å². The molecule has 0 spiro atoms. The summed E-state index contributed by atoms with van der Waals surface area (Å²) in [6.45, 7) is 2.09. The lowest BCUT2D eigenvalue weighted by atomic mass is 9.96. The van der Waals surface area contributed by atoms with Gasteiger partial charge in [-0.3, -0.25) is 4.79 Å². The van der Waals surface area contributed by atoms with Crippen molar-refractivity contribution in [3.63, 3.8) is 0 Å². The lowest BCUT2D eigenvalue weighted by Crippen LogP contribution is -2.26. The highest BCUT2D eigenvalue weighted by Gasteiger charge is 2.24. The smallest absolute Gasteiger partial charge is 0.247 e. The van der Waals surface area contributed by atoms with Crippen LogP contribution >= 0.6 is 0 Å². The van der Waals surface area contributed by atoms with Crippen molar-refractivity contribution < 1.29 is 4.79 Å². The average molecular weight is 393 g/mol. The predicted molar refractivity (Wildman–Crippen MR) is 121 cm³/mol. The van der Waals surface area contributed by atoms with Crippen LogP contribution in [0.3, 0.4) is 0 Å². The Balaban J connectivity index is 1.47. The number of carbonyl (C=O) groups excluding carboxylic acids is 1. The molecule has 1 saturated carbocycles. The Morgan fingerprint density at radius 1 is 1.00 bits per heavy atom. The third kappa shape index (κ3) is 3.69. The molecule has 0 radical (unpaired) electrons. The first kappa shape index (κ1) is 18.5. The molecular weight excluding hydrogens is 370 g/mol. The number of rotatable bonds is 4. The molecule has 5 rings (SSSR count). The molecule has 3 aromatic rings. The van der Waals surface area contributed by atoms with Crippen molar-refractivity contribution in [3.05, 3.63) is 89.8 Å². The standard InChI is InChI=1S/C26H23N3O/c1-17-7-8-19(26(30)29-21-11-12-21)9-13-22(17)20-10-14-23-24(15-20)27-16-28-25(23)18-5-3-2-4-6-18/h2-8,10,13-16,21H,9,11-12H2,1H3,(H,29,30). The van der Waals surface area contributed by atoms with E-state index in [0.717, 1.165) is 57.3 Å². The fraction of sp³-hybridized carbons (Fsp3) is 0.192. The molecule has 0 atom stereocenters. The van der Waals surface area contributed by atoms with Gasteiger partial charge in [0.2, 0.25) is 5.91 Å². The number of benzene rings is 2. The van der Waals surface area contributed by atoms with E-state index in [1.165, 1.54) is 0 Å². The maximum atomic E-state index is 12.4. The lowest BCUT2D eigenvalue weighted by molar-refractivity contribution is -0.117. The Morgan fingerprint density at radius 2 is 1.83 bits per heavy atom. The molecule has 0 saturated heterocycles. The molecule has 30 heavy (non-hydrogen) atoms. The van der Waals surface area contributed by atoms with Gasteiger partial charge in [0.15, 0.2) is 0 Å². The molecular formula is C26H23N3O. The molecule has 0 aliphatic heterocycles. The fourth-order valence-corrected chi connectivity index (χ4v) is 3.83. The first-order chi connectivity index (χ1) is 14.7. The maximum Gasteiger partial charge on any atom is 0.247 e. The minimum Gasteiger partial charge on any atom is -0.350 e. The normalized spacial score (nSPS) is 16.4. The van der Waals surface area contributed by atoms with Gasteiger partial charge in [-0.2, -0.15) is 0 Å². The van der Waals surface area contributed by atoms with E-state index in [4.69, 9.17) is 0 Å². The first-order valence-corrected chi connectivity index (χ1v) is 10.4. The molecule has 2 aromatic carbocycles. The van der Waals surface area contributed by atoms with E-state index in [1.54, 1.807) is 6.33 Å². The van der Waals surface area contributed by atoms with Gasteiger partial charge >= 0.3 is 0 Å². The summed E-state index contributed by atoms with van der Waals surface area (Å²) in [5.74, 6) is 0.0535. The van der Waals surface area contributed by atoms with Crippen LogP contribution in [0.15, 0.2) is 84.2 Å². The summed E-state index contributed by atoms with van der Waals surface area (Å²) >= 11 is 0. The van der Waals surface area contributed by atoms with Crippen LogP contribution in [0.2, 0.25) is 0 Å². The molecule has 4 nitrogen and oxygen atoms in total. The van der Waals surface area contributed by atoms with E-state index >= 15 is 0 Å². The summed E-state index contributed by atoms with van der Waals surface area (Å²) in [5.41, 5.74) is 7.13. The number of hydrogen-bond acceptors (Lipinski definition) is 3. The van der Waals surface area contributed by atoms with Crippen molar-refractivity contribution in [2.75, 3.05) is 0 Å². The Morgan fingerprint density at radius 3 is 2.63 bits per heavy atom. The quantitative estimate of drug-likeness (QED) is 0.660. The van der Waals surface area contributed by atoms with Gasteiger partial charge in [-0.25, -0.2) is 9.97 Å². The van der Waals surface area contributed by atoms with Crippen LogP contribution < -0.4 is 5.32 Å². The number of carbonyl (C=O) groups is 1. The van der Waals surface area contributed by atoms with Gasteiger partial charge in [0, 0.05) is 22.6 Å². The molecule has 1 amide bonds. The molecule has 0 bridgehead atoms. The van der Waals surface area contributed by atoms with Gasteiger partial charge in [-0.05, 0) is 55.0 Å². The largest absolute Gasteiger partial charge is 0.350 e. The Bertz CT molecular complexity index is 1220. The zero-order valence-electron chi connectivity index (χ0n) is 16.9. The van der Waals surface area contributed by atoms with E-state index in [-0.39, 0.29) is 5.91 Å². The lowest BCUT2D eigenvalue weighted by Gasteiger charge is -2.11. The van der Waals surface area contributed by atoms with E-state index in [0.29, 0.717) is 12.5 Å². The monoisotopic (exact) mass is 393 g/mol. The number of aromatic nitrogens is 2. The summed E-state index contributed by atoms with van der Waals surface area (Å²) in [4.78, 5) is 21.5. The van der Waals surface area contributed by atoms with Crippen LogP contribution in [0.4, 0.5) is 0 Å². The summed E-state index contributed by atoms with van der Waals surface area (Å²) in [6.07, 6.45) is 10.6. The third-order valence-corrected chi connectivity index (χ3v) is 5.68. The molecule has 1 heterocycles. The molecule has 1 fully saturated rings. The Labute approximate surface area is 176 Å². The average Bonchev–Trinajstić information content (AvgIpc) is 3.61. The van der Waals surface area contributed by atoms with E-state index < -0.39 is 0 Å². The SMILES string of the molecule is CC1=CC=C(C(=O)NC2CC2)CC=C1c1ccc2c(-c3ccccc3)ncnc2c1. The van der Waals surface area contributed by atoms with Crippen molar-refractivity contribution in [3.8, 4) is 11.3 Å². The summed E-state index contributed by atoms with van der Waals surface area (Å²) < 4.78 is 0. The predicted octanol–water partition coefficient (Wildman–Crippen LogP) is 5.24. The number of fused-ring (bicyclic) bond motifs is 1. The second kappa shape index (κ2) is 7.71. The van der Waals surface area contributed by atoms with Gasteiger partial charge in [-0.1, -0.05) is 54.6 Å². The maximum absolute atomic E-state index is 12.4. The van der Waals surface area contributed by atoms with Gasteiger partial charge in [0.25, 0.3) is 0 Å². The highest BCUT2D eigenvalue weighted by atomic mass is 16.1. The van der Waals surface area contributed by atoms with Gasteiger partial charge in [-0.15, -0.1) is 0 Å². The topological polar surface area (TPSA) is 54.9 Å². The highest BCUT2D eigenvalue weighted by Crippen LogP contribution is 2.32. The van der Waals surface area contributed by atoms with Gasteiger partial charge in [0.05, 0.1) is 11.2 Å². The molecule has 2 aliphatic carbocycles. The molecule has 2 aliphatic rings. The third-order valence-electron chi connectivity index (χ3n) is 5.68. The number of amides is 1. The fourth-order valence-electron chi connectivity index (χ4n) is 3.83. The minimum absolute atomic E-state index is 0.0535. The van der Waals surface area contributed by atoms with E-state index in [1.807, 2.05) is 30.4 Å². The molecule has 0 unspecified atom stereocenters. The van der Waals surface area contributed by atoms with E-state index in [9.17, 15) is 4.79 Å². The molecule has 1 N–H and O–H groups in total. The van der Waals surface area contributed by atoms with Gasteiger partial charge in [0.1, 0.15) is 6.33 Å². The zero-order chi connectivity index (χ0) is 20.5. The zero-order valence-corrected chi connectivity index (χ0v) is 16.9. The second-order valence-corrected chi connectivity index (χ2v) is 7.93. The second-order valence-electron chi connectivity index (χ2n) is 7.93. The van der Waals surface area contributed by atoms with Crippen LogP contribution in [0.1, 0.15) is 31.7 Å². The summed E-state index contributed by atoms with van der Waals surface area (Å²) in [6, 6.07) is 16.9. The van der Waals surface area contributed by atoms with Crippen molar-refractivity contribution in [1.82, 2.24) is 15.3 Å². The Hall–Kier alpha value is -3.53. The summed E-state index contributed by atoms with van der Waals surface area (Å²) in [7, 11) is 0. The minimum atomic E-state index is 0.0535. The van der Waals surface area contributed by atoms with Crippen LogP contribution in [0, 0.1) is 0 Å². The number of nitrogens with one attached hydrogen (secondary N) is 1. The number of hydrogen-bond donors (Lipinski definition) is 1. The first-order valence-electron chi connectivity index (χ1n) is 10.4. The van der Waals surface area contributed by atoms with Crippen molar-refractivity contribution in [2.45, 2.75) is 32.2 Å². The Kier molecular flexibility index (Phi) is 4.75. The van der Waals surface area contributed by atoms with Gasteiger partial charge < -0.3 is 5.32 Å². The number of allylic oxidation sites excluding steroid dienone is 5. The van der Waals surface area contributed by atoms with Crippen LogP contribution in [-0.4, -0.2) is 21.9 Å². The molecule has 4 heteroatoms. The highest BCUT2D eigenvalue weighted by molar-refractivity contribution is 5.97.